The lowest BCUT2D eigenvalue weighted by Crippen LogP contribution is -2.32. The molecule has 7 heteroatoms. The number of carbonyl (C=O) groups is 2. The van der Waals surface area contributed by atoms with Gasteiger partial charge in [-0.2, -0.15) is 8.75 Å². The molecule has 1 N–H and O–H groups in total. The van der Waals surface area contributed by atoms with Crippen LogP contribution in [0.4, 0.5) is 0 Å². The minimum absolute atomic E-state index is 0.0206. The van der Waals surface area contributed by atoms with Gasteiger partial charge in [-0.15, -0.1) is 0 Å². The fraction of sp³-hybridized carbons (Fsp3) is 0.412. The zero-order chi connectivity index (χ0) is 16.5. The third-order valence-electron chi connectivity index (χ3n) is 4.31. The zero-order valence-electron chi connectivity index (χ0n) is 13.1. The summed E-state index contributed by atoms with van der Waals surface area (Å²) in [6.45, 7) is 0.533. The SMILES string of the molecule is O=C(NC1CC1)c1ccc(CN(C(=O)c2cnsn2)C2CC2)cc1. The number of aromatic nitrogens is 2. The highest BCUT2D eigenvalue weighted by Gasteiger charge is 2.34. The van der Waals surface area contributed by atoms with Crippen LogP contribution < -0.4 is 5.32 Å². The first-order valence-electron chi connectivity index (χ1n) is 8.19. The minimum Gasteiger partial charge on any atom is -0.349 e. The molecule has 2 amide bonds. The summed E-state index contributed by atoms with van der Waals surface area (Å²) in [5.41, 5.74) is 2.09. The predicted octanol–water partition coefficient (Wildman–Crippen LogP) is 2.24. The Hall–Kier alpha value is -2.28. The topological polar surface area (TPSA) is 75.2 Å². The smallest absolute Gasteiger partial charge is 0.275 e. The molecule has 2 aliphatic carbocycles. The van der Waals surface area contributed by atoms with Crippen molar-refractivity contribution in [1.82, 2.24) is 19.0 Å². The quantitative estimate of drug-likeness (QED) is 0.873. The summed E-state index contributed by atoms with van der Waals surface area (Å²) >= 11 is 1.05. The monoisotopic (exact) mass is 342 g/mol. The molecule has 1 aromatic carbocycles. The molecule has 6 nitrogen and oxygen atoms in total. The van der Waals surface area contributed by atoms with Gasteiger partial charge in [-0.3, -0.25) is 9.59 Å². The van der Waals surface area contributed by atoms with Crippen molar-refractivity contribution in [1.29, 1.82) is 0 Å². The van der Waals surface area contributed by atoms with Crippen LogP contribution >= 0.6 is 11.7 Å². The van der Waals surface area contributed by atoms with Crippen LogP contribution in [0.15, 0.2) is 30.5 Å². The fourth-order valence-electron chi connectivity index (χ4n) is 2.61. The molecule has 2 aromatic rings. The molecule has 0 spiro atoms. The number of hydrogen-bond donors (Lipinski definition) is 1. The lowest BCUT2D eigenvalue weighted by atomic mass is 10.1. The van der Waals surface area contributed by atoms with Gasteiger partial charge in [-0.05, 0) is 43.4 Å². The van der Waals surface area contributed by atoms with Crippen molar-refractivity contribution in [2.75, 3.05) is 0 Å². The second kappa shape index (κ2) is 6.32. The molecular weight excluding hydrogens is 324 g/mol. The lowest BCUT2D eigenvalue weighted by Gasteiger charge is -2.21. The van der Waals surface area contributed by atoms with Crippen LogP contribution in [-0.4, -0.2) is 37.5 Å². The Labute approximate surface area is 144 Å². The molecule has 124 valence electrons. The maximum absolute atomic E-state index is 12.6. The van der Waals surface area contributed by atoms with E-state index in [2.05, 4.69) is 14.1 Å². The summed E-state index contributed by atoms with van der Waals surface area (Å²) in [5.74, 6) is -0.0884. The van der Waals surface area contributed by atoms with Gasteiger partial charge < -0.3 is 10.2 Å². The van der Waals surface area contributed by atoms with Crippen LogP contribution in [-0.2, 0) is 6.54 Å². The van der Waals surface area contributed by atoms with E-state index in [9.17, 15) is 9.59 Å². The maximum Gasteiger partial charge on any atom is 0.275 e. The summed E-state index contributed by atoms with van der Waals surface area (Å²) in [6, 6.07) is 8.14. The van der Waals surface area contributed by atoms with Crippen molar-refractivity contribution in [3.8, 4) is 0 Å². The van der Waals surface area contributed by atoms with Crippen molar-refractivity contribution in [3.05, 3.63) is 47.3 Å². The van der Waals surface area contributed by atoms with Gasteiger partial charge in [0.25, 0.3) is 11.8 Å². The van der Waals surface area contributed by atoms with Crippen molar-refractivity contribution in [2.45, 2.75) is 44.3 Å². The number of amides is 2. The largest absolute Gasteiger partial charge is 0.349 e. The number of hydrogen-bond acceptors (Lipinski definition) is 5. The van der Waals surface area contributed by atoms with Crippen LogP contribution in [0.2, 0.25) is 0 Å². The number of rotatable bonds is 6. The molecule has 0 radical (unpaired) electrons. The summed E-state index contributed by atoms with van der Waals surface area (Å²) in [6.07, 6.45) is 5.74. The van der Waals surface area contributed by atoms with E-state index in [1.54, 1.807) is 0 Å². The summed E-state index contributed by atoms with van der Waals surface area (Å²) < 4.78 is 7.96. The second-order valence-corrected chi connectivity index (χ2v) is 6.96. The van der Waals surface area contributed by atoms with E-state index < -0.39 is 0 Å². The van der Waals surface area contributed by atoms with Gasteiger partial charge >= 0.3 is 0 Å². The fourth-order valence-corrected chi connectivity index (χ4v) is 3.02. The molecule has 1 heterocycles. The molecule has 2 aliphatic rings. The van der Waals surface area contributed by atoms with Crippen LogP contribution in [0.1, 0.15) is 52.1 Å². The molecule has 4 rings (SSSR count). The molecule has 1 aromatic heterocycles. The predicted molar refractivity (Wildman–Crippen MR) is 89.7 cm³/mol. The van der Waals surface area contributed by atoms with E-state index in [0.717, 1.165) is 43.0 Å². The standard InChI is InChI=1S/C17H18N4O2S/c22-16(19-13-5-6-13)12-3-1-11(2-4-12)10-21(14-7-8-14)17(23)15-9-18-24-20-15/h1-4,9,13-14H,5-8,10H2,(H,19,22). The van der Waals surface area contributed by atoms with Crippen molar-refractivity contribution in [2.24, 2.45) is 0 Å². The van der Waals surface area contributed by atoms with Crippen molar-refractivity contribution < 1.29 is 9.59 Å². The highest BCUT2D eigenvalue weighted by molar-refractivity contribution is 6.99. The maximum atomic E-state index is 12.6. The first kappa shape index (κ1) is 15.3. The average Bonchev–Trinajstić information content (AvgIpc) is 3.53. The van der Waals surface area contributed by atoms with Crippen LogP contribution in [0.5, 0.6) is 0 Å². The van der Waals surface area contributed by atoms with Gasteiger partial charge in [-0.25, -0.2) is 0 Å². The Balaban J connectivity index is 1.44. The number of nitrogens with one attached hydrogen (secondary N) is 1. The third kappa shape index (κ3) is 3.46. The van der Waals surface area contributed by atoms with Gasteiger partial charge in [0.15, 0.2) is 5.69 Å². The molecule has 0 atom stereocenters. The Morgan fingerprint density at radius 3 is 2.50 bits per heavy atom. The molecule has 2 fully saturated rings. The zero-order valence-corrected chi connectivity index (χ0v) is 14.0. The Bertz CT molecular complexity index is 736. The van der Waals surface area contributed by atoms with Gasteiger partial charge in [0.1, 0.15) is 0 Å². The Morgan fingerprint density at radius 2 is 1.92 bits per heavy atom. The lowest BCUT2D eigenvalue weighted by molar-refractivity contribution is 0.0724. The van der Waals surface area contributed by atoms with E-state index in [4.69, 9.17) is 0 Å². The molecule has 0 aliphatic heterocycles. The van der Waals surface area contributed by atoms with E-state index in [-0.39, 0.29) is 17.9 Å². The van der Waals surface area contributed by atoms with E-state index in [1.165, 1.54) is 6.20 Å². The second-order valence-electron chi connectivity index (χ2n) is 6.40. The third-order valence-corrected chi connectivity index (χ3v) is 4.79. The van der Waals surface area contributed by atoms with Gasteiger partial charge in [0.05, 0.1) is 17.9 Å². The number of carbonyl (C=O) groups excluding carboxylic acids is 2. The highest BCUT2D eigenvalue weighted by atomic mass is 32.1. The van der Waals surface area contributed by atoms with E-state index in [1.807, 2.05) is 29.2 Å². The van der Waals surface area contributed by atoms with E-state index in [0.29, 0.717) is 23.8 Å². The highest BCUT2D eigenvalue weighted by Crippen LogP contribution is 2.29. The molecule has 0 unspecified atom stereocenters. The molecule has 2 saturated carbocycles. The molecule has 0 bridgehead atoms. The van der Waals surface area contributed by atoms with Crippen molar-refractivity contribution >= 4 is 23.5 Å². The Kier molecular flexibility index (Phi) is 4.02. The van der Waals surface area contributed by atoms with Gasteiger partial charge in [0.2, 0.25) is 0 Å². The van der Waals surface area contributed by atoms with E-state index >= 15 is 0 Å². The van der Waals surface area contributed by atoms with Crippen LogP contribution in [0.25, 0.3) is 0 Å². The van der Waals surface area contributed by atoms with Crippen molar-refractivity contribution in [3.63, 3.8) is 0 Å². The van der Waals surface area contributed by atoms with Crippen LogP contribution in [0, 0.1) is 0 Å². The molecule has 24 heavy (non-hydrogen) atoms. The molecule has 0 saturated heterocycles. The first-order valence-corrected chi connectivity index (χ1v) is 8.92. The normalized spacial score (nSPS) is 16.7. The Morgan fingerprint density at radius 1 is 1.17 bits per heavy atom. The average molecular weight is 342 g/mol. The van der Waals surface area contributed by atoms with Gasteiger partial charge in [-0.1, -0.05) is 12.1 Å². The molecular formula is C17H18N4O2S. The summed E-state index contributed by atoms with van der Waals surface area (Å²) in [4.78, 5) is 26.4. The van der Waals surface area contributed by atoms with Gasteiger partial charge in [0, 0.05) is 24.2 Å². The summed E-state index contributed by atoms with van der Waals surface area (Å²) in [7, 11) is 0. The minimum atomic E-state index is -0.0678. The number of nitrogens with zero attached hydrogens (tertiary/aromatic N) is 3. The number of benzene rings is 1. The first-order chi connectivity index (χ1) is 11.7. The summed E-state index contributed by atoms with van der Waals surface area (Å²) in [5, 5.41) is 2.98. The van der Waals surface area contributed by atoms with Crippen LogP contribution in [0.3, 0.4) is 0 Å².